The molecule has 1 aromatic rings. The van der Waals surface area contributed by atoms with Crippen LogP contribution >= 0.6 is 0 Å². The molecule has 0 spiro atoms. The van der Waals surface area contributed by atoms with Crippen LogP contribution in [0, 0.1) is 0 Å². The van der Waals surface area contributed by atoms with Gasteiger partial charge in [0.1, 0.15) is 11.9 Å². The number of nitrogens with zero attached hydrogens (tertiary/aromatic N) is 1. The average molecular weight is 171 g/mol. The summed E-state index contributed by atoms with van der Waals surface area (Å²) in [6, 6.07) is 1.63. The van der Waals surface area contributed by atoms with Gasteiger partial charge in [0, 0.05) is 13.2 Å². The molecule has 0 radical (unpaired) electrons. The van der Waals surface area contributed by atoms with E-state index in [4.69, 9.17) is 15.2 Å². The maximum Gasteiger partial charge on any atom is 0.211 e. The number of methoxy groups -OCH3 is 1. The van der Waals surface area contributed by atoms with Crippen LogP contribution in [0.3, 0.4) is 0 Å². The van der Waals surface area contributed by atoms with Gasteiger partial charge >= 0.3 is 0 Å². The Hall–Kier alpha value is -1.23. The Morgan fingerprint density at radius 2 is 2.50 bits per heavy atom. The second-order valence-electron chi connectivity index (χ2n) is 2.54. The monoisotopic (exact) mass is 171 g/mol. The van der Waals surface area contributed by atoms with Crippen LogP contribution in [0.15, 0.2) is 6.07 Å². The number of rotatable bonds is 4. The Labute approximate surface area is 70.9 Å². The van der Waals surface area contributed by atoms with Crippen molar-refractivity contribution in [1.82, 2.24) is 10.2 Å². The summed E-state index contributed by atoms with van der Waals surface area (Å²) in [5.41, 5.74) is 5.37. The second kappa shape index (κ2) is 3.96. The van der Waals surface area contributed by atoms with Gasteiger partial charge in [-0.25, -0.2) is 5.10 Å². The van der Waals surface area contributed by atoms with E-state index in [0.29, 0.717) is 18.3 Å². The minimum Gasteiger partial charge on any atom is -0.472 e. The number of nitrogens with two attached hydrogens (primary N) is 1. The van der Waals surface area contributed by atoms with E-state index in [9.17, 15) is 0 Å². The molecule has 0 aromatic carbocycles. The van der Waals surface area contributed by atoms with Crippen molar-refractivity contribution in [3.63, 3.8) is 0 Å². The van der Waals surface area contributed by atoms with Gasteiger partial charge in [0.05, 0.1) is 6.61 Å². The minimum atomic E-state index is -0.00477. The van der Waals surface area contributed by atoms with Crippen molar-refractivity contribution in [2.45, 2.75) is 13.0 Å². The number of nitrogens with one attached hydrogen (secondary N) is 1. The maximum atomic E-state index is 5.37. The number of aromatic amines is 1. The third-order valence-electron chi connectivity index (χ3n) is 1.30. The summed E-state index contributed by atoms with van der Waals surface area (Å²) < 4.78 is 10.2. The lowest BCUT2D eigenvalue weighted by Crippen LogP contribution is -2.18. The lowest BCUT2D eigenvalue weighted by atomic mass is 10.4. The first kappa shape index (κ1) is 8.86. The van der Waals surface area contributed by atoms with Gasteiger partial charge in [-0.2, -0.15) is 5.10 Å². The van der Waals surface area contributed by atoms with E-state index in [1.54, 1.807) is 13.2 Å². The topological polar surface area (TPSA) is 73.2 Å². The Bertz CT molecular complexity index is 236. The van der Waals surface area contributed by atoms with Crippen molar-refractivity contribution in [1.29, 1.82) is 0 Å². The summed E-state index contributed by atoms with van der Waals surface area (Å²) in [5.74, 6) is 0.992. The Kier molecular flexibility index (Phi) is 2.93. The molecule has 1 rings (SSSR count). The van der Waals surface area contributed by atoms with Crippen LogP contribution in [0.4, 0.5) is 5.82 Å². The molecule has 0 fully saturated rings. The molecule has 3 N–H and O–H groups in total. The minimum absolute atomic E-state index is 0.00477. The molecule has 0 aliphatic rings. The molecule has 1 unspecified atom stereocenters. The van der Waals surface area contributed by atoms with Crippen LogP contribution in [0.1, 0.15) is 6.92 Å². The number of H-pyrrole nitrogens is 1. The molecule has 1 atom stereocenters. The molecule has 0 saturated carbocycles. The SMILES string of the molecule is COCC(C)Oc1cc(N)n[nH]1. The fourth-order valence-corrected chi connectivity index (χ4v) is 0.864. The number of hydrogen-bond acceptors (Lipinski definition) is 4. The van der Waals surface area contributed by atoms with Gasteiger partial charge in [0.2, 0.25) is 5.88 Å². The van der Waals surface area contributed by atoms with E-state index in [1.807, 2.05) is 6.92 Å². The molecule has 5 heteroatoms. The number of aromatic nitrogens is 2. The van der Waals surface area contributed by atoms with E-state index in [0.717, 1.165) is 0 Å². The third-order valence-corrected chi connectivity index (χ3v) is 1.30. The van der Waals surface area contributed by atoms with E-state index < -0.39 is 0 Å². The van der Waals surface area contributed by atoms with E-state index in [2.05, 4.69) is 10.2 Å². The molecule has 68 valence electrons. The molecule has 0 bridgehead atoms. The molecular formula is C7H13N3O2. The first-order valence-electron chi connectivity index (χ1n) is 3.69. The lowest BCUT2D eigenvalue weighted by molar-refractivity contribution is 0.0889. The van der Waals surface area contributed by atoms with Crippen molar-refractivity contribution in [2.24, 2.45) is 0 Å². The lowest BCUT2D eigenvalue weighted by Gasteiger charge is -2.10. The second-order valence-corrected chi connectivity index (χ2v) is 2.54. The van der Waals surface area contributed by atoms with Crippen LogP contribution in [-0.4, -0.2) is 30.0 Å². The van der Waals surface area contributed by atoms with Gasteiger partial charge < -0.3 is 15.2 Å². The molecule has 0 aliphatic heterocycles. The summed E-state index contributed by atoms with van der Waals surface area (Å²) in [7, 11) is 1.63. The van der Waals surface area contributed by atoms with E-state index in [1.165, 1.54) is 0 Å². The van der Waals surface area contributed by atoms with E-state index >= 15 is 0 Å². The first-order valence-corrected chi connectivity index (χ1v) is 3.69. The highest BCUT2D eigenvalue weighted by Crippen LogP contribution is 2.10. The Balaban J connectivity index is 2.41. The fourth-order valence-electron chi connectivity index (χ4n) is 0.864. The molecule has 12 heavy (non-hydrogen) atoms. The molecular weight excluding hydrogens is 158 g/mol. The van der Waals surface area contributed by atoms with Crippen molar-refractivity contribution < 1.29 is 9.47 Å². The largest absolute Gasteiger partial charge is 0.472 e. The van der Waals surface area contributed by atoms with Gasteiger partial charge in [0.25, 0.3) is 0 Å². The number of anilines is 1. The van der Waals surface area contributed by atoms with Crippen LogP contribution < -0.4 is 10.5 Å². The van der Waals surface area contributed by atoms with Crippen molar-refractivity contribution in [3.05, 3.63) is 6.07 Å². The number of ether oxygens (including phenoxy) is 2. The molecule has 5 nitrogen and oxygen atoms in total. The molecule has 1 heterocycles. The van der Waals surface area contributed by atoms with Crippen molar-refractivity contribution in [3.8, 4) is 5.88 Å². The van der Waals surface area contributed by atoms with Gasteiger partial charge in [-0.05, 0) is 6.92 Å². The first-order chi connectivity index (χ1) is 5.72. The van der Waals surface area contributed by atoms with Gasteiger partial charge in [-0.3, -0.25) is 0 Å². The molecule has 0 amide bonds. The van der Waals surface area contributed by atoms with Crippen LogP contribution in [0.5, 0.6) is 5.88 Å². The summed E-state index contributed by atoms with van der Waals surface area (Å²) >= 11 is 0. The third kappa shape index (κ3) is 2.43. The normalized spacial score (nSPS) is 12.8. The van der Waals surface area contributed by atoms with Crippen molar-refractivity contribution in [2.75, 3.05) is 19.5 Å². The van der Waals surface area contributed by atoms with Gasteiger partial charge in [0.15, 0.2) is 0 Å². The summed E-state index contributed by atoms with van der Waals surface area (Å²) in [5, 5.41) is 6.36. The highest BCUT2D eigenvalue weighted by molar-refractivity contribution is 5.31. The predicted molar refractivity (Wildman–Crippen MR) is 45.0 cm³/mol. The number of nitrogen functional groups attached to an aromatic ring is 1. The molecule has 1 aromatic heterocycles. The smallest absolute Gasteiger partial charge is 0.211 e. The summed E-state index contributed by atoms with van der Waals surface area (Å²) in [4.78, 5) is 0. The van der Waals surface area contributed by atoms with Crippen LogP contribution in [0.2, 0.25) is 0 Å². The molecule has 0 aliphatic carbocycles. The zero-order chi connectivity index (χ0) is 8.97. The predicted octanol–water partition coefficient (Wildman–Crippen LogP) is 0.406. The zero-order valence-electron chi connectivity index (χ0n) is 7.20. The highest BCUT2D eigenvalue weighted by Gasteiger charge is 2.04. The Morgan fingerprint density at radius 1 is 1.75 bits per heavy atom. The maximum absolute atomic E-state index is 5.37. The van der Waals surface area contributed by atoms with Crippen LogP contribution in [0.25, 0.3) is 0 Å². The Morgan fingerprint density at radius 3 is 3.00 bits per heavy atom. The quantitative estimate of drug-likeness (QED) is 0.688. The van der Waals surface area contributed by atoms with Crippen LogP contribution in [-0.2, 0) is 4.74 Å². The zero-order valence-corrected chi connectivity index (χ0v) is 7.20. The average Bonchev–Trinajstić information content (AvgIpc) is 2.36. The molecule has 0 saturated heterocycles. The standard InChI is InChI=1S/C7H13N3O2/c1-5(4-11-2)12-7-3-6(8)9-10-7/h3,5H,4H2,1-2H3,(H3,8,9,10). The van der Waals surface area contributed by atoms with Gasteiger partial charge in [-0.1, -0.05) is 0 Å². The van der Waals surface area contributed by atoms with E-state index in [-0.39, 0.29) is 6.10 Å². The van der Waals surface area contributed by atoms with Crippen molar-refractivity contribution >= 4 is 5.82 Å². The fraction of sp³-hybridized carbons (Fsp3) is 0.571. The number of hydrogen-bond donors (Lipinski definition) is 2. The summed E-state index contributed by atoms with van der Waals surface area (Å²) in [6.45, 7) is 2.44. The highest BCUT2D eigenvalue weighted by atomic mass is 16.5. The van der Waals surface area contributed by atoms with Gasteiger partial charge in [-0.15, -0.1) is 0 Å². The summed E-state index contributed by atoms with van der Waals surface area (Å²) in [6.07, 6.45) is -0.00477.